The summed E-state index contributed by atoms with van der Waals surface area (Å²) in [5, 5.41) is 3.18. The molecule has 2 atom stereocenters. The molecular weight excluding hydrogens is 266 g/mol. The van der Waals surface area contributed by atoms with E-state index in [1.165, 1.54) is 6.07 Å². The zero-order valence-electron chi connectivity index (χ0n) is 9.76. The summed E-state index contributed by atoms with van der Waals surface area (Å²) in [6.07, 6.45) is -3.50. The first-order valence-electron chi connectivity index (χ1n) is 5.94. The molecule has 0 radical (unpaired) electrons. The van der Waals surface area contributed by atoms with Gasteiger partial charge in [-0.05, 0) is 31.5 Å². The van der Waals surface area contributed by atoms with Crippen LogP contribution in [0.25, 0.3) is 0 Å². The summed E-state index contributed by atoms with van der Waals surface area (Å²) in [5.74, 6) is -2.08. The van der Waals surface area contributed by atoms with Crippen molar-refractivity contribution in [2.24, 2.45) is 0 Å². The Bertz CT molecular complexity index is 503. The number of fused-ring (bicyclic) bond motifs is 3. The van der Waals surface area contributed by atoms with Gasteiger partial charge in [0.25, 0.3) is 0 Å². The molecule has 2 aliphatic rings. The highest BCUT2D eigenvalue weighted by atomic mass is 19.4. The van der Waals surface area contributed by atoms with Crippen LogP contribution in [0.5, 0.6) is 11.5 Å². The summed E-state index contributed by atoms with van der Waals surface area (Å²) >= 11 is 0. The van der Waals surface area contributed by atoms with Crippen LogP contribution in [0.3, 0.4) is 0 Å². The molecule has 1 aromatic carbocycles. The SMILES string of the molecule is Fc1c(OC(F)(F)F)ccc2c1OC1CCCNC21. The summed E-state index contributed by atoms with van der Waals surface area (Å²) in [4.78, 5) is 0. The van der Waals surface area contributed by atoms with Gasteiger partial charge in [-0.3, -0.25) is 0 Å². The highest BCUT2D eigenvalue weighted by Gasteiger charge is 2.40. The van der Waals surface area contributed by atoms with E-state index in [0.717, 1.165) is 25.5 Å². The Morgan fingerprint density at radius 1 is 1.32 bits per heavy atom. The Morgan fingerprint density at radius 3 is 2.84 bits per heavy atom. The number of piperidine rings is 1. The second-order valence-corrected chi connectivity index (χ2v) is 4.57. The van der Waals surface area contributed by atoms with Crippen molar-refractivity contribution in [2.45, 2.75) is 31.3 Å². The topological polar surface area (TPSA) is 30.5 Å². The smallest absolute Gasteiger partial charge is 0.485 e. The first kappa shape index (κ1) is 12.5. The van der Waals surface area contributed by atoms with Crippen LogP contribution in [-0.4, -0.2) is 19.0 Å². The van der Waals surface area contributed by atoms with Crippen LogP contribution in [0.1, 0.15) is 24.4 Å². The molecule has 0 saturated carbocycles. The molecule has 3 nitrogen and oxygen atoms in total. The van der Waals surface area contributed by atoms with Gasteiger partial charge < -0.3 is 14.8 Å². The summed E-state index contributed by atoms with van der Waals surface area (Å²) < 4.78 is 59.4. The minimum atomic E-state index is -4.92. The van der Waals surface area contributed by atoms with E-state index in [1.54, 1.807) is 0 Å². The van der Waals surface area contributed by atoms with Gasteiger partial charge in [-0.1, -0.05) is 0 Å². The first-order chi connectivity index (χ1) is 8.96. The minimum Gasteiger partial charge on any atom is -0.485 e. The van der Waals surface area contributed by atoms with Crippen LogP contribution in [0, 0.1) is 5.82 Å². The van der Waals surface area contributed by atoms with Crippen LogP contribution in [0.2, 0.25) is 0 Å². The van der Waals surface area contributed by atoms with Gasteiger partial charge in [-0.15, -0.1) is 13.2 Å². The molecule has 1 fully saturated rings. The third kappa shape index (κ3) is 2.22. The highest BCUT2D eigenvalue weighted by molar-refractivity contribution is 5.48. The summed E-state index contributed by atoms with van der Waals surface area (Å²) in [6, 6.07) is 2.25. The van der Waals surface area contributed by atoms with E-state index in [4.69, 9.17) is 4.74 Å². The van der Waals surface area contributed by atoms with E-state index in [2.05, 4.69) is 10.1 Å². The summed E-state index contributed by atoms with van der Waals surface area (Å²) in [7, 11) is 0. The summed E-state index contributed by atoms with van der Waals surface area (Å²) in [6.45, 7) is 0.784. The second-order valence-electron chi connectivity index (χ2n) is 4.57. The molecule has 0 aliphatic carbocycles. The predicted molar refractivity (Wildman–Crippen MR) is 57.5 cm³/mol. The Kier molecular flexibility index (Phi) is 2.81. The maximum absolute atomic E-state index is 14.0. The fraction of sp³-hybridized carbons (Fsp3) is 0.500. The van der Waals surface area contributed by atoms with Gasteiger partial charge >= 0.3 is 6.36 Å². The van der Waals surface area contributed by atoms with Crippen LogP contribution in [0.4, 0.5) is 17.6 Å². The molecule has 0 amide bonds. The molecule has 0 aromatic heterocycles. The molecule has 19 heavy (non-hydrogen) atoms. The maximum Gasteiger partial charge on any atom is 0.573 e. The standard InChI is InChI=1S/C12H11F4NO2/c13-9-7(19-12(14,15)16)4-3-6-10-8(18-11(6)9)2-1-5-17-10/h3-4,8,10,17H,1-2,5H2. The number of ether oxygens (including phenoxy) is 2. The van der Waals surface area contributed by atoms with E-state index in [9.17, 15) is 17.6 Å². The molecule has 0 bridgehead atoms. The molecule has 104 valence electrons. The van der Waals surface area contributed by atoms with E-state index in [0.29, 0.717) is 5.56 Å². The van der Waals surface area contributed by atoms with Gasteiger partial charge in [0, 0.05) is 5.56 Å². The molecule has 2 unspecified atom stereocenters. The Labute approximate surface area is 106 Å². The largest absolute Gasteiger partial charge is 0.573 e. The van der Waals surface area contributed by atoms with Gasteiger partial charge in [-0.2, -0.15) is 4.39 Å². The highest BCUT2D eigenvalue weighted by Crippen LogP contribution is 2.44. The lowest BCUT2D eigenvalue weighted by molar-refractivity contribution is -0.275. The van der Waals surface area contributed by atoms with E-state index < -0.39 is 17.9 Å². The summed E-state index contributed by atoms with van der Waals surface area (Å²) in [5.41, 5.74) is 0.553. The van der Waals surface area contributed by atoms with Crippen molar-refractivity contribution in [3.63, 3.8) is 0 Å². The third-order valence-corrected chi connectivity index (χ3v) is 3.32. The van der Waals surface area contributed by atoms with Crippen molar-refractivity contribution in [3.8, 4) is 11.5 Å². The van der Waals surface area contributed by atoms with Crippen LogP contribution in [0.15, 0.2) is 12.1 Å². The van der Waals surface area contributed by atoms with Gasteiger partial charge in [0.15, 0.2) is 11.5 Å². The second kappa shape index (κ2) is 4.26. The lowest BCUT2D eigenvalue weighted by atomic mass is 9.97. The van der Waals surface area contributed by atoms with Crippen molar-refractivity contribution < 1.29 is 27.0 Å². The lowest BCUT2D eigenvalue weighted by Gasteiger charge is -2.25. The Morgan fingerprint density at radius 2 is 2.11 bits per heavy atom. The number of benzene rings is 1. The molecule has 2 heterocycles. The number of nitrogens with one attached hydrogen (secondary N) is 1. The van der Waals surface area contributed by atoms with Gasteiger partial charge in [0.2, 0.25) is 5.82 Å². The predicted octanol–water partition coefficient (Wildman–Crippen LogP) is 2.91. The molecule has 1 N–H and O–H groups in total. The Hall–Kier alpha value is -1.50. The van der Waals surface area contributed by atoms with E-state index in [-0.39, 0.29) is 17.9 Å². The monoisotopic (exact) mass is 277 g/mol. The third-order valence-electron chi connectivity index (χ3n) is 3.32. The minimum absolute atomic E-state index is 0.133. The first-order valence-corrected chi connectivity index (χ1v) is 5.94. The number of hydrogen-bond donors (Lipinski definition) is 1. The maximum atomic E-state index is 14.0. The van der Waals surface area contributed by atoms with Crippen molar-refractivity contribution in [3.05, 3.63) is 23.5 Å². The van der Waals surface area contributed by atoms with Crippen molar-refractivity contribution in [2.75, 3.05) is 6.54 Å². The lowest BCUT2D eigenvalue weighted by Crippen LogP contribution is -2.36. The molecule has 2 aliphatic heterocycles. The van der Waals surface area contributed by atoms with E-state index in [1.807, 2.05) is 0 Å². The fourth-order valence-corrected chi connectivity index (χ4v) is 2.57. The molecular formula is C12H11F4NO2. The number of halogens is 4. The Balaban J connectivity index is 1.94. The molecule has 0 spiro atoms. The number of hydrogen-bond acceptors (Lipinski definition) is 3. The van der Waals surface area contributed by atoms with Gasteiger partial charge in [-0.25, -0.2) is 0 Å². The average Bonchev–Trinajstić information content (AvgIpc) is 2.71. The number of rotatable bonds is 1. The van der Waals surface area contributed by atoms with Crippen LogP contribution < -0.4 is 14.8 Å². The quantitative estimate of drug-likeness (QED) is 0.801. The van der Waals surface area contributed by atoms with Crippen molar-refractivity contribution >= 4 is 0 Å². The van der Waals surface area contributed by atoms with Crippen LogP contribution >= 0.6 is 0 Å². The molecule has 1 saturated heterocycles. The van der Waals surface area contributed by atoms with Crippen molar-refractivity contribution in [1.82, 2.24) is 5.32 Å². The molecule has 3 rings (SSSR count). The van der Waals surface area contributed by atoms with Crippen molar-refractivity contribution in [1.29, 1.82) is 0 Å². The zero-order chi connectivity index (χ0) is 13.6. The fourth-order valence-electron chi connectivity index (χ4n) is 2.57. The molecule has 7 heteroatoms. The van der Waals surface area contributed by atoms with Gasteiger partial charge in [0.1, 0.15) is 6.10 Å². The molecule has 1 aromatic rings. The zero-order valence-corrected chi connectivity index (χ0v) is 9.76. The normalized spacial score (nSPS) is 25.5. The average molecular weight is 277 g/mol. The van der Waals surface area contributed by atoms with E-state index >= 15 is 0 Å². The van der Waals surface area contributed by atoms with Crippen LogP contribution in [-0.2, 0) is 0 Å². The van der Waals surface area contributed by atoms with Gasteiger partial charge in [0.05, 0.1) is 6.04 Å². The number of alkyl halides is 3.